The number of carbonyl (C=O) groups excluding carboxylic acids is 1. The van der Waals surface area contributed by atoms with E-state index in [1.54, 1.807) is 4.90 Å². The molecule has 6 heteroatoms. The van der Waals surface area contributed by atoms with E-state index in [0.717, 1.165) is 12.2 Å². The van der Waals surface area contributed by atoms with E-state index < -0.39 is 11.9 Å². The summed E-state index contributed by atoms with van der Waals surface area (Å²) in [4.78, 5) is 24.6. The summed E-state index contributed by atoms with van der Waals surface area (Å²) in [5, 5.41) is 11.9. The lowest BCUT2D eigenvalue weighted by Crippen LogP contribution is -2.47. The van der Waals surface area contributed by atoms with Gasteiger partial charge in [-0.05, 0) is 38.3 Å². The Bertz CT molecular complexity index is 530. The molecule has 1 aromatic rings. The van der Waals surface area contributed by atoms with Crippen LogP contribution in [0.1, 0.15) is 24.8 Å². The summed E-state index contributed by atoms with van der Waals surface area (Å²) < 4.78 is 5.59. The fourth-order valence-corrected chi connectivity index (χ4v) is 2.57. The second-order valence-electron chi connectivity index (χ2n) is 5.87. The first-order chi connectivity index (χ1) is 11.1. The minimum atomic E-state index is -0.825. The van der Waals surface area contributed by atoms with E-state index in [1.807, 2.05) is 31.2 Å². The van der Waals surface area contributed by atoms with Crippen molar-refractivity contribution < 1.29 is 19.4 Å². The van der Waals surface area contributed by atoms with Crippen LogP contribution in [0.4, 0.5) is 4.79 Å². The van der Waals surface area contributed by atoms with Gasteiger partial charge in [-0.15, -0.1) is 0 Å². The molecule has 1 heterocycles. The van der Waals surface area contributed by atoms with Crippen LogP contribution in [-0.4, -0.2) is 48.2 Å². The van der Waals surface area contributed by atoms with Crippen molar-refractivity contribution in [1.82, 2.24) is 10.2 Å². The number of aliphatic carboxylic acids is 1. The van der Waals surface area contributed by atoms with Crippen LogP contribution >= 0.6 is 0 Å². The number of likely N-dealkylation sites (tertiary alicyclic amines) is 1. The van der Waals surface area contributed by atoms with Gasteiger partial charge in [-0.3, -0.25) is 4.79 Å². The Morgan fingerprint density at radius 3 is 2.78 bits per heavy atom. The number of nitrogens with zero attached hydrogens (tertiary/aromatic N) is 1. The number of benzene rings is 1. The second-order valence-corrected chi connectivity index (χ2v) is 5.87. The number of hydrogen-bond acceptors (Lipinski definition) is 3. The number of urea groups is 1. The SMILES string of the molecule is Cc1ccc(OCCCNC(=O)N2CCCC(C(=O)O)C2)cc1. The van der Waals surface area contributed by atoms with E-state index in [-0.39, 0.29) is 6.03 Å². The molecule has 1 aromatic carbocycles. The van der Waals surface area contributed by atoms with Gasteiger partial charge in [0.15, 0.2) is 0 Å². The molecule has 1 unspecified atom stereocenters. The summed E-state index contributed by atoms with van der Waals surface area (Å²) in [5.41, 5.74) is 1.19. The van der Waals surface area contributed by atoms with Gasteiger partial charge >= 0.3 is 12.0 Å². The Labute approximate surface area is 136 Å². The molecule has 6 nitrogen and oxygen atoms in total. The van der Waals surface area contributed by atoms with Gasteiger partial charge in [0.1, 0.15) is 5.75 Å². The standard InChI is InChI=1S/C17H24N2O4/c1-13-5-7-15(8-6-13)23-11-3-9-18-17(22)19-10-2-4-14(12-19)16(20)21/h5-8,14H,2-4,9-12H2,1H3,(H,18,22)(H,20,21). The van der Waals surface area contributed by atoms with Crippen LogP contribution in [-0.2, 0) is 4.79 Å². The third-order valence-electron chi connectivity index (χ3n) is 3.94. The zero-order valence-corrected chi connectivity index (χ0v) is 13.5. The molecule has 0 aromatic heterocycles. The third-order valence-corrected chi connectivity index (χ3v) is 3.94. The lowest BCUT2D eigenvalue weighted by Gasteiger charge is -2.30. The first-order valence-electron chi connectivity index (χ1n) is 8.01. The van der Waals surface area contributed by atoms with Crippen molar-refractivity contribution in [2.45, 2.75) is 26.2 Å². The fraction of sp³-hybridized carbons (Fsp3) is 0.529. The molecular weight excluding hydrogens is 296 g/mol. The Hall–Kier alpha value is -2.24. The van der Waals surface area contributed by atoms with E-state index in [1.165, 1.54) is 5.56 Å². The molecule has 0 radical (unpaired) electrons. The molecule has 0 spiro atoms. The lowest BCUT2D eigenvalue weighted by atomic mass is 9.99. The number of carboxylic acid groups (broad SMARTS) is 1. The molecule has 23 heavy (non-hydrogen) atoms. The summed E-state index contributed by atoms with van der Waals surface area (Å²) in [5.74, 6) is -0.448. The first-order valence-corrected chi connectivity index (χ1v) is 8.01. The number of carbonyl (C=O) groups is 2. The number of amides is 2. The van der Waals surface area contributed by atoms with Gasteiger partial charge in [-0.25, -0.2) is 4.79 Å². The Kier molecular flexibility index (Phi) is 6.26. The number of nitrogens with one attached hydrogen (secondary N) is 1. The summed E-state index contributed by atoms with van der Waals surface area (Å²) in [6.07, 6.45) is 2.08. The number of aryl methyl sites for hydroxylation is 1. The van der Waals surface area contributed by atoms with E-state index in [9.17, 15) is 9.59 Å². The lowest BCUT2D eigenvalue weighted by molar-refractivity contribution is -0.143. The van der Waals surface area contributed by atoms with Gasteiger partial charge in [0.05, 0.1) is 12.5 Å². The smallest absolute Gasteiger partial charge is 0.317 e. The van der Waals surface area contributed by atoms with E-state index in [4.69, 9.17) is 9.84 Å². The van der Waals surface area contributed by atoms with Crippen LogP contribution in [0.15, 0.2) is 24.3 Å². The molecule has 0 saturated carbocycles. The maximum Gasteiger partial charge on any atom is 0.317 e. The van der Waals surface area contributed by atoms with Crippen molar-refractivity contribution in [3.63, 3.8) is 0 Å². The van der Waals surface area contributed by atoms with Crippen LogP contribution in [0.2, 0.25) is 0 Å². The van der Waals surface area contributed by atoms with E-state index in [2.05, 4.69) is 5.32 Å². The quantitative estimate of drug-likeness (QED) is 0.788. The predicted octanol–water partition coefficient (Wildman–Crippen LogP) is 2.27. The molecule has 2 amide bonds. The highest BCUT2D eigenvalue weighted by atomic mass is 16.5. The molecular formula is C17H24N2O4. The van der Waals surface area contributed by atoms with Gasteiger partial charge in [-0.1, -0.05) is 17.7 Å². The van der Waals surface area contributed by atoms with Gasteiger partial charge in [0.2, 0.25) is 0 Å². The van der Waals surface area contributed by atoms with E-state index in [0.29, 0.717) is 39.1 Å². The molecule has 1 saturated heterocycles. The summed E-state index contributed by atoms with van der Waals surface area (Å²) in [6.45, 7) is 3.98. The number of hydrogen-bond donors (Lipinski definition) is 2. The summed E-state index contributed by atoms with van der Waals surface area (Å²) >= 11 is 0. The fourth-order valence-electron chi connectivity index (χ4n) is 2.57. The first kappa shape index (κ1) is 17.1. The maximum atomic E-state index is 12.0. The topological polar surface area (TPSA) is 78.9 Å². The van der Waals surface area contributed by atoms with Crippen LogP contribution < -0.4 is 10.1 Å². The number of carboxylic acids is 1. The van der Waals surface area contributed by atoms with Crippen molar-refractivity contribution in [3.05, 3.63) is 29.8 Å². The van der Waals surface area contributed by atoms with Crippen LogP contribution in [0, 0.1) is 12.8 Å². The highest BCUT2D eigenvalue weighted by Gasteiger charge is 2.27. The average molecular weight is 320 g/mol. The molecule has 1 fully saturated rings. The highest BCUT2D eigenvalue weighted by molar-refractivity contribution is 5.76. The Morgan fingerprint density at radius 1 is 1.35 bits per heavy atom. The zero-order valence-electron chi connectivity index (χ0n) is 13.5. The van der Waals surface area contributed by atoms with Gasteiger partial charge in [0, 0.05) is 19.6 Å². The minimum Gasteiger partial charge on any atom is -0.494 e. The molecule has 2 N–H and O–H groups in total. The molecule has 2 rings (SSSR count). The molecule has 0 aliphatic carbocycles. The maximum absolute atomic E-state index is 12.0. The van der Waals surface area contributed by atoms with Gasteiger partial charge < -0.3 is 20.1 Å². The Balaban J connectivity index is 1.62. The molecule has 1 aliphatic heterocycles. The van der Waals surface area contributed by atoms with Crippen LogP contribution in [0.25, 0.3) is 0 Å². The number of ether oxygens (including phenoxy) is 1. The van der Waals surface area contributed by atoms with Gasteiger partial charge in [0.25, 0.3) is 0 Å². The zero-order chi connectivity index (χ0) is 16.7. The monoisotopic (exact) mass is 320 g/mol. The average Bonchev–Trinajstić information content (AvgIpc) is 2.56. The number of rotatable bonds is 6. The normalized spacial score (nSPS) is 17.6. The molecule has 0 bridgehead atoms. The second kappa shape index (κ2) is 8.41. The predicted molar refractivity (Wildman–Crippen MR) is 86.6 cm³/mol. The summed E-state index contributed by atoms with van der Waals surface area (Å²) in [6, 6.07) is 7.64. The van der Waals surface area contributed by atoms with Crippen LogP contribution in [0.5, 0.6) is 5.75 Å². The van der Waals surface area contributed by atoms with Crippen molar-refractivity contribution in [2.24, 2.45) is 5.92 Å². The van der Waals surface area contributed by atoms with E-state index >= 15 is 0 Å². The minimum absolute atomic E-state index is 0.189. The van der Waals surface area contributed by atoms with Gasteiger partial charge in [-0.2, -0.15) is 0 Å². The highest BCUT2D eigenvalue weighted by Crippen LogP contribution is 2.16. The third kappa shape index (κ3) is 5.47. The van der Waals surface area contributed by atoms with Crippen molar-refractivity contribution in [3.8, 4) is 5.75 Å². The Morgan fingerprint density at radius 2 is 2.09 bits per heavy atom. The largest absolute Gasteiger partial charge is 0.494 e. The van der Waals surface area contributed by atoms with Crippen molar-refractivity contribution in [2.75, 3.05) is 26.2 Å². The molecule has 1 atom stereocenters. The number of piperidine rings is 1. The van der Waals surface area contributed by atoms with Crippen molar-refractivity contribution >= 4 is 12.0 Å². The molecule has 126 valence electrons. The molecule has 1 aliphatic rings. The van der Waals surface area contributed by atoms with Crippen molar-refractivity contribution in [1.29, 1.82) is 0 Å². The summed E-state index contributed by atoms with van der Waals surface area (Å²) in [7, 11) is 0. The van der Waals surface area contributed by atoms with Crippen LogP contribution in [0.3, 0.4) is 0 Å².